The second-order valence-corrected chi connectivity index (χ2v) is 12.9. The summed E-state index contributed by atoms with van der Waals surface area (Å²) in [5.74, 6) is -0.0759. The number of carbonyl (C=O) groups excluding carboxylic acids is 1. The number of benzene rings is 3. The van der Waals surface area contributed by atoms with Gasteiger partial charge in [-0.3, -0.25) is 9.79 Å². The standard InChI is InChI=1S/C35H43N3O4S/c1-4-6-7-10-33-34(42-33)11-8-9-12-35(39)37-26-28-15-21-31(22-16-28)43(40,41)32-23-17-29(18-24-32)36-25-27-13-19-30(20-14-27)38(3)5-2/h8-9,13-25,33-34H,4-7,10-12,26H2,1-3H3,(H,37,39). The first-order chi connectivity index (χ1) is 20.8. The van der Waals surface area contributed by atoms with Gasteiger partial charge in [0.05, 0.1) is 27.7 Å². The van der Waals surface area contributed by atoms with E-state index in [2.05, 4.69) is 29.1 Å². The zero-order chi connectivity index (χ0) is 30.7. The average molecular weight is 602 g/mol. The lowest BCUT2D eigenvalue weighted by Crippen LogP contribution is -2.21. The van der Waals surface area contributed by atoms with Crippen LogP contribution in [0.3, 0.4) is 0 Å². The molecular formula is C35H43N3O4S. The molecule has 0 aliphatic carbocycles. The predicted molar refractivity (Wildman–Crippen MR) is 174 cm³/mol. The molecule has 0 spiro atoms. The van der Waals surface area contributed by atoms with Crippen molar-refractivity contribution >= 4 is 33.3 Å². The lowest BCUT2D eigenvalue weighted by Gasteiger charge is -2.16. The van der Waals surface area contributed by atoms with Gasteiger partial charge in [0, 0.05) is 38.5 Å². The molecule has 43 heavy (non-hydrogen) atoms. The highest BCUT2D eigenvalue weighted by Gasteiger charge is 2.36. The molecule has 4 rings (SSSR count). The Morgan fingerprint density at radius 3 is 2.23 bits per heavy atom. The van der Waals surface area contributed by atoms with E-state index in [4.69, 9.17) is 4.74 Å². The molecule has 3 aromatic rings. The molecule has 1 fully saturated rings. The number of carbonyl (C=O) groups is 1. The van der Waals surface area contributed by atoms with Crippen molar-refractivity contribution in [2.75, 3.05) is 18.5 Å². The van der Waals surface area contributed by atoms with E-state index in [1.165, 1.54) is 19.3 Å². The van der Waals surface area contributed by atoms with Crippen molar-refractivity contribution in [2.24, 2.45) is 4.99 Å². The number of ether oxygens (including phenoxy) is 1. The summed E-state index contributed by atoms with van der Waals surface area (Å²) >= 11 is 0. The lowest BCUT2D eigenvalue weighted by molar-refractivity contribution is -0.120. The normalized spacial score (nSPS) is 16.5. The van der Waals surface area contributed by atoms with Gasteiger partial charge in [-0.05, 0) is 79.4 Å². The molecule has 1 saturated heterocycles. The zero-order valence-electron chi connectivity index (χ0n) is 25.4. The number of unbranched alkanes of at least 4 members (excludes halogenated alkanes) is 2. The summed E-state index contributed by atoms with van der Waals surface area (Å²) in [7, 11) is -1.63. The van der Waals surface area contributed by atoms with Crippen LogP contribution in [0.2, 0.25) is 0 Å². The number of nitrogens with one attached hydrogen (secondary N) is 1. The monoisotopic (exact) mass is 601 g/mol. The van der Waals surface area contributed by atoms with E-state index in [0.29, 0.717) is 30.9 Å². The van der Waals surface area contributed by atoms with E-state index >= 15 is 0 Å². The third-order valence-corrected chi connectivity index (χ3v) is 9.44. The molecule has 0 saturated carbocycles. The molecule has 1 N–H and O–H groups in total. The van der Waals surface area contributed by atoms with Crippen LogP contribution in [0.1, 0.15) is 63.5 Å². The third-order valence-electron chi connectivity index (χ3n) is 7.66. The van der Waals surface area contributed by atoms with Crippen molar-refractivity contribution in [1.82, 2.24) is 5.32 Å². The van der Waals surface area contributed by atoms with Gasteiger partial charge in [0.15, 0.2) is 0 Å². The minimum Gasteiger partial charge on any atom is -0.375 e. The van der Waals surface area contributed by atoms with Gasteiger partial charge in [-0.2, -0.15) is 0 Å². The van der Waals surface area contributed by atoms with Crippen molar-refractivity contribution in [3.63, 3.8) is 0 Å². The largest absolute Gasteiger partial charge is 0.375 e. The highest BCUT2D eigenvalue weighted by molar-refractivity contribution is 7.91. The summed E-state index contributed by atoms with van der Waals surface area (Å²) in [6, 6.07) is 21.3. The molecule has 0 bridgehead atoms. The van der Waals surface area contributed by atoms with Gasteiger partial charge in [0.1, 0.15) is 0 Å². The van der Waals surface area contributed by atoms with Crippen LogP contribution in [-0.4, -0.2) is 46.3 Å². The van der Waals surface area contributed by atoms with Crippen LogP contribution >= 0.6 is 0 Å². The first-order valence-corrected chi connectivity index (χ1v) is 16.6. The minimum atomic E-state index is -3.68. The topological polar surface area (TPSA) is 91.4 Å². The summed E-state index contributed by atoms with van der Waals surface area (Å²) in [5.41, 5.74) is 3.60. The number of sulfone groups is 1. The van der Waals surface area contributed by atoms with Gasteiger partial charge in [0.25, 0.3) is 0 Å². The zero-order valence-corrected chi connectivity index (χ0v) is 26.2. The van der Waals surface area contributed by atoms with Crippen LogP contribution in [0.15, 0.2) is 99.7 Å². The van der Waals surface area contributed by atoms with Gasteiger partial charge in [-0.15, -0.1) is 0 Å². The molecule has 0 aromatic heterocycles. The van der Waals surface area contributed by atoms with Crippen molar-refractivity contribution in [3.8, 4) is 0 Å². The maximum absolute atomic E-state index is 13.2. The lowest BCUT2D eigenvalue weighted by atomic mass is 10.1. The summed E-state index contributed by atoms with van der Waals surface area (Å²) < 4.78 is 32.0. The Morgan fingerprint density at radius 1 is 0.907 bits per heavy atom. The second-order valence-electron chi connectivity index (χ2n) is 10.9. The molecule has 1 amide bonds. The Kier molecular flexibility index (Phi) is 11.7. The first-order valence-electron chi connectivity index (χ1n) is 15.2. The van der Waals surface area contributed by atoms with Crippen molar-refractivity contribution in [2.45, 2.75) is 80.9 Å². The quantitative estimate of drug-likeness (QED) is 0.0824. The number of hydrogen-bond acceptors (Lipinski definition) is 6. The fourth-order valence-corrected chi connectivity index (χ4v) is 5.97. The van der Waals surface area contributed by atoms with E-state index in [0.717, 1.165) is 36.2 Å². The molecule has 7 nitrogen and oxygen atoms in total. The molecule has 2 atom stereocenters. The molecule has 1 aliphatic heterocycles. The van der Waals surface area contributed by atoms with Crippen LogP contribution < -0.4 is 10.2 Å². The van der Waals surface area contributed by atoms with Gasteiger partial charge >= 0.3 is 0 Å². The fourth-order valence-electron chi connectivity index (χ4n) is 4.71. The Morgan fingerprint density at radius 2 is 1.58 bits per heavy atom. The van der Waals surface area contributed by atoms with Crippen LogP contribution in [0.5, 0.6) is 0 Å². The molecule has 3 aromatic carbocycles. The first kappa shape index (κ1) is 32.2. The number of anilines is 1. The van der Waals surface area contributed by atoms with Gasteiger partial charge < -0.3 is 15.0 Å². The van der Waals surface area contributed by atoms with E-state index in [1.54, 1.807) is 54.7 Å². The van der Waals surface area contributed by atoms with Gasteiger partial charge in [-0.25, -0.2) is 8.42 Å². The summed E-state index contributed by atoms with van der Waals surface area (Å²) in [5, 5.41) is 2.89. The molecule has 2 unspecified atom stereocenters. The van der Waals surface area contributed by atoms with E-state index in [1.807, 2.05) is 43.5 Å². The molecule has 0 radical (unpaired) electrons. The SMILES string of the molecule is CCCCCC1OC1CC=CCC(=O)NCc1ccc(S(=O)(=O)c2ccc(N=Cc3ccc(N(C)CC)cc3)cc2)cc1. The predicted octanol–water partition coefficient (Wildman–Crippen LogP) is 7.03. The summed E-state index contributed by atoms with van der Waals surface area (Å²) in [6.45, 7) is 5.57. The van der Waals surface area contributed by atoms with Gasteiger partial charge in [0.2, 0.25) is 15.7 Å². The van der Waals surface area contributed by atoms with Crippen LogP contribution in [0.4, 0.5) is 11.4 Å². The number of epoxide rings is 1. The Bertz CT molecular complexity index is 1480. The Balaban J connectivity index is 1.22. The van der Waals surface area contributed by atoms with Crippen LogP contribution in [0.25, 0.3) is 0 Å². The number of aliphatic imine (C=N–C) groups is 1. The molecule has 1 heterocycles. The molecule has 8 heteroatoms. The van der Waals surface area contributed by atoms with E-state index in [-0.39, 0.29) is 15.7 Å². The smallest absolute Gasteiger partial charge is 0.224 e. The van der Waals surface area contributed by atoms with Crippen molar-refractivity contribution in [3.05, 3.63) is 96.1 Å². The third kappa shape index (κ3) is 9.63. The summed E-state index contributed by atoms with van der Waals surface area (Å²) in [6.07, 6.45) is 12.3. The maximum Gasteiger partial charge on any atom is 0.224 e. The van der Waals surface area contributed by atoms with Gasteiger partial charge in [-0.1, -0.05) is 62.6 Å². The fraction of sp³-hybridized carbons (Fsp3) is 0.371. The highest BCUT2D eigenvalue weighted by atomic mass is 32.2. The number of rotatable bonds is 16. The van der Waals surface area contributed by atoms with E-state index in [9.17, 15) is 13.2 Å². The van der Waals surface area contributed by atoms with E-state index < -0.39 is 9.84 Å². The summed E-state index contributed by atoms with van der Waals surface area (Å²) in [4.78, 5) is 19.3. The van der Waals surface area contributed by atoms with Crippen molar-refractivity contribution < 1.29 is 17.9 Å². The minimum absolute atomic E-state index is 0.0759. The van der Waals surface area contributed by atoms with Crippen LogP contribution in [-0.2, 0) is 25.9 Å². The number of nitrogens with zero attached hydrogens (tertiary/aromatic N) is 2. The number of hydrogen-bond donors (Lipinski definition) is 1. The molecule has 228 valence electrons. The van der Waals surface area contributed by atoms with Crippen molar-refractivity contribution in [1.29, 1.82) is 0 Å². The highest BCUT2D eigenvalue weighted by Crippen LogP contribution is 2.30. The Labute approximate surface area is 256 Å². The van der Waals surface area contributed by atoms with Crippen LogP contribution in [0, 0.1) is 0 Å². The number of amides is 1. The molecule has 1 aliphatic rings. The second kappa shape index (κ2) is 15.6. The molecular weight excluding hydrogens is 558 g/mol. The maximum atomic E-state index is 13.2. The Hall–Kier alpha value is -3.75. The average Bonchev–Trinajstić information content (AvgIpc) is 3.79.